The molecular weight excluding hydrogens is 382 g/mol. The summed E-state index contributed by atoms with van der Waals surface area (Å²) in [5.41, 5.74) is 0.634. The Morgan fingerprint density at radius 2 is 1.86 bits per heavy atom. The van der Waals surface area contributed by atoms with Gasteiger partial charge in [-0.3, -0.25) is 14.2 Å². The van der Waals surface area contributed by atoms with Crippen LogP contribution in [0, 0.1) is 5.92 Å². The summed E-state index contributed by atoms with van der Waals surface area (Å²) in [4.78, 5) is 30.2. The van der Waals surface area contributed by atoms with Crippen LogP contribution in [0.15, 0.2) is 46.3 Å². The minimum Gasteiger partial charge on any atom is -0.353 e. The average molecular weight is 410 g/mol. The number of amides is 1. The molecule has 0 unspecified atom stereocenters. The van der Waals surface area contributed by atoms with Crippen LogP contribution in [0.2, 0.25) is 0 Å². The van der Waals surface area contributed by atoms with Gasteiger partial charge in [0.25, 0.3) is 5.56 Å². The molecule has 0 spiro atoms. The highest BCUT2D eigenvalue weighted by Gasteiger charge is 2.20. The summed E-state index contributed by atoms with van der Waals surface area (Å²) < 4.78 is 1.66. The van der Waals surface area contributed by atoms with Crippen molar-refractivity contribution in [3.63, 3.8) is 0 Å². The summed E-state index contributed by atoms with van der Waals surface area (Å²) in [6, 6.07) is 12.1. The first-order chi connectivity index (χ1) is 14.0. The van der Waals surface area contributed by atoms with E-state index >= 15 is 0 Å². The second-order valence-corrected chi connectivity index (χ2v) is 8.92. The Kier molecular flexibility index (Phi) is 5.90. The molecule has 0 radical (unpaired) electrons. The van der Waals surface area contributed by atoms with Crippen molar-refractivity contribution in [3.05, 3.63) is 46.8 Å². The van der Waals surface area contributed by atoms with E-state index in [1.807, 2.05) is 43.3 Å². The van der Waals surface area contributed by atoms with Crippen molar-refractivity contribution in [2.45, 2.75) is 57.3 Å². The molecular formula is C23H27N3O2S. The first-order valence-corrected chi connectivity index (χ1v) is 11.4. The van der Waals surface area contributed by atoms with Crippen molar-refractivity contribution in [2.75, 3.05) is 5.75 Å². The minimum absolute atomic E-state index is 0.0186. The van der Waals surface area contributed by atoms with Gasteiger partial charge in [0, 0.05) is 12.6 Å². The molecule has 1 amide bonds. The van der Waals surface area contributed by atoms with Gasteiger partial charge in [0.05, 0.1) is 16.7 Å². The van der Waals surface area contributed by atoms with Crippen LogP contribution in [0.25, 0.3) is 21.7 Å². The second-order valence-electron chi connectivity index (χ2n) is 7.97. The van der Waals surface area contributed by atoms with Crippen LogP contribution in [0.3, 0.4) is 0 Å². The minimum atomic E-state index is -0.0487. The van der Waals surface area contributed by atoms with E-state index in [1.54, 1.807) is 4.57 Å². The third-order valence-corrected chi connectivity index (χ3v) is 6.79. The van der Waals surface area contributed by atoms with Crippen molar-refractivity contribution in [1.29, 1.82) is 0 Å². The Labute approximate surface area is 174 Å². The standard InChI is InChI=1S/C23H27N3O2S/c1-3-26-22(28)19-12-16-6-4-5-7-17(16)13-20(19)25-23(26)29-14-21(27)24-18-10-8-15(2)9-11-18/h4-7,12-13,15,18H,3,8-11,14H2,1-2H3,(H,24,27). The Bertz CT molecular complexity index is 1100. The van der Waals surface area contributed by atoms with Gasteiger partial charge in [-0.1, -0.05) is 43.0 Å². The number of aromatic nitrogens is 2. The zero-order valence-electron chi connectivity index (χ0n) is 17.0. The predicted octanol–water partition coefficient (Wildman–Crippen LogP) is 4.36. The molecule has 1 aromatic heterocycles. The topological polar surface area (TPSA) is 64.0 Å². The Morgan fingerprint density at radius 3 is 2.55 bits per heavy atom. The highest BCUT2D eigenvalue weighted by atomic mass is 32.2. The van der Waals surface area contributed by atoms with E-state index in [9.17, 15) is 9.59 Å². The van der Waals surface area contributed by atoms with E-state index in [0.717, 1.165) is 29.5 Å². The van der Waals surface area contributed by atoms with E-state index in [2.05, 4.69) is 12.2 Å². The van der Waals surface area contributed by atoms with Crippen molar-refractivity contribution >= 4 is 39.3 Å². The maximum absolute atomic E-state index is 13.0. The van der Waals surface area contributed by atoms with Crippen LogP contribution in [-0.2, 0) is 11.3 Å². The zero-order valence-corrected chi connectivity index (χ0v) is 17.8. The first-order valence-electron chi connectivity index (χ1n) is 10.4. The molecule has 2 aromatic carbocycles. The summed E-state index contributed by atoms with van der Waals surface area (Å²) in [7, 11) is 0. The van der Waals surface area contributed by atoms with Crippen LogP contribution in [-0.4, -0.2) is 27.3 Å². The molecule has 1 aliphatic rings. The molecule has 5 nitrogen and oxygen atoms in total. The molecule has 1 N–H and O–H groups in total. The van der Waals surface area contributed by atoms with E-state index in [1.165, 1.54) is 24.6 Å². The summed E-state index contributed by atoms with van der Waals surface area (Å²) in [6.45, 7) is 4.73. The van der Waals surface area contributed by atoms with Crippen LogP contribution in [0.1, 0.15) is 39.5 Å². The highest BCUT2D eigenvalue weighted by Crippen LogP contribution is 2.25. The van der Waals surface area contributed by atoms with Gasteiger partial charge in [-0.2, -0.15) is 0 Å². The molecule has 1 heterocycles. The molecule has 1 saturated carbocycles. The van der Waals surface area contributed by atoms with Gasteiger partial charge in [-0.05, 0) is 61.4 Å². The molecule has 6 heteroatoms. The van der Waals surface area contributed by atoms with Crippen molar-refractivity contribution in [2.24, 2.45) is 5.92 Å². The average Bonchev–Trinajstić information content (AvgIpc) is 2.73. The quantitative estimate of drug-likeness (QED) is 0.386. The van der Waals surface area contributed by atoms with Crippen LogP contribution in [0.5, 0.6) is 0 Å². The van der Waals surface area contributed by atoms with Gasteiger partial charge in [0.1, 0.15) is 0 Å². The second kappa shape index (κ2) is 8.57. The monoisotopic (exact) mass is 409 g/mol. The summed E-state index contributed by atoms with van der Waals surface area (Å²) >= 11 is 1.34. The maximum atomic E-state index is 13.0. The van der Waals surface area contributed by atoms with Crippen LogP contribution < -0.4 is 10.9 Å². The lowest BCUT2D eigenvalue weighted by Crippen LogP contribution is -2.38. The molecule has 0 saturated heterocycles. The summed E-state index contributed by atoms with van der Waals surface area (Å²) in [6.07, 6.45) is 4.46. The first kappa shape index (κ1) is 20.0. The zero-order chi connectivity index (χ0) is 20.4. The van der Waals surface area contributed by atoms with Gasteiger partial charge in [-0.25, -0.2) is 4.98 Å². The fraction of sp³-hybridized carbons (Fsp3) is 0.435. The number of hydrogen-bond acceptors (Lipinski definition) is 4. The fourth-order valence-electron chi connectivity index (χ4n) is 4.08. The smallest absolute Gasteiger partial charge is 0.262 e. The number of nitrogens with zero attached hydrogens (tertiary/aromatic N) is 2. The van der Waals surface area contributed by atoms with Gasteiger partial charge in [0.2, 0.25) is 5.91 Å². The molecule has 1 fully saturated rings. The molecule has 0 atom stereocenters. The van der Waals surface area contributed by atoms with E-state index in [4.69, 9.17) is 4.98 Å². The van der Waals surface area contributed by atoms with E-state index in [-0.39, 0.29) is 23.3 Å². The van der Waals surface area contributed by atoms with Gasteiger partial charge < -0.3 is 5.32 Å². The number of carbonyl (C=O) groups excluding carboxylic acids is 1. The fourth-order valence-corrected chi connectivity index (χ4v) is 4.95. The van der Waals surface area contributed by atoms with E-state index < -0.39 is 0 Å². The molecule has 3 aromatic rings. The van der Waals surface area contributed by atoms with E-state index in [0.29, 0.717) is 22.6 Å². The number of thioether (sulfide) groups is 1. The summed E-state index contributed by atoms with van der Waals surface area (Å²) in [5.74, 6) is 1.05. The lowest BCUT2D eigenvalue weighted by molar-refractivity contribution is -0.119. The Morgan fingerprint density at radius 1 is 1.17 bits per heavy atom. The Balaban J connectivity index is 1.55. The lowest BCUT2D eigenvalue weighted by Gasteiger charge is -2.26. The van der Waals surface area contributed by atoms with Crippen molar-refractivity contribution in [1.82, 2.24) is 14.9 Å². The molecule has 4 rings (SSSR count). The van der Waals surface area contributed by atoms with Crippen molar-refractivity contribution < 1.29 is 4.79 Å². The third kappa shape index (κ3) is 4.32. The predicted molar refractivity (Wildman–Crippen MR) is 119 cm³/mol. The maximum Gasteiger partial charge on any atom is 0.262 e. The number of fused-ring (bicyclic) bond motifs is 2. The highest BCUT2D eigenvalue weighted by molar-refractivity contribution is 7.99. The molecule has 29 heavy (non-hydrogen) atoms. The van der Waals surface area contributed by atoms with Gasteiger partial charge >= 0.3 is 0 Å². The SMILES string of the molecule is CCn1c(SCC(=O)NC2CCC(C)CC2)nc2cc3ccccc3cc2c1=O. The van der Waals surface area contributed by atoms with Crippen LogP contribution >= 0.6 is 11.8 Å². The number of rotatable bonds is 5. The molecule has 1 aliphatic carbocycles. The molecule has 152 valence electrons. The van der Waals surface area contributed by atoms with Crippen molar-refractivity contribution in [3.8, 4) is 0 Å². The Hall–Kier alpha value is -2.34. The van der Waals surface area contributed by atoms with Gasteiger partial charge in [-0.15, -0.1) is 0 Å². The number of hydrogen-bond donors (Lipinski definition) is 1. The van der Waals surface area contributed by atoms with Crippen LogP contribution in [0.4, 0.5) is 0 Å². The number of nitrogens with one attached hydrogen (secondary N) is 1. The summed E-state index contributed by atoms with van der Waals surface area (Å²) in [5, 5.41) is 6.46. The molecule has 0 bridgehead atoms. The molecule has 0 aliphatic heterocycles. The number of carbonyl (C=O) groups is 1. The third-order valence-electron chi connectivity index (χ3n) is 5.82. The van der Waals surface area contributed by atoms with Gasteiger partial charge in [0.15, 0.2) is 5.16 Å². The number of benzene rings is 2. The lowest BCUT2D eigenvalue weighted by atomic mass is 9.87. The largest absolute Gasteiger partial charge is 0.353 e. The normalized spacial score (nSPS) is 19.5.